The van der Waals surface area contributed by atoms with Crippen molar-refractivity contribution in [2.45, 2.75) is 44.9 Å². The number of aromatic nitrogens is 2. The molecule has 0 aliphatic heterocycles. The van der Waals surface area contributed by atoms with E-state index in [0.717, 1.165) is 5.92 Å². The van der Waals surface area contributed by atoms with Gasteiger partial charge in [-0.1, -0.05) is 6.92 Å². The molecule has 1 heterocycles. The minimum atomic E-state index is -0.351. The van der Waals surface area contributed by atoms with Crippen LogP contribution in [-0.4, -0.2) is 33.6 Å². The van der Waals surface area contributed by atoms with Crippen LogP contribution in [0.15, 0.2) is 18.5 Å². The van der Waals surface area contributed by atoms with E-state index in [1.165, 1.54) is 19.3 Å². The van der Waals surface area contributed by atoms with Crippen LogP contribution in [-0.2, 0) is 6.54 Å². The topological polar surface area (TPSA) is 50.1 Å². The van der Waals surface area contributed by atoms with Gasteiger partial charge < -0.3 is 10.4 Å². The third kappa shape index (κ3) is 3.32. The van der Waals surface area contributed by atoms with Crippen molar-refractivity contribution in [2.24, 2.45) is 5.92 Å². The van der Waals surface area contributed by atoms with Crippen molar-refractivity contribution >= 4 is 0 Å². The third-order valence-corrected chi connectivity index (χ3v) is 3.29. The summed E-state index contributed by atoms with van der Waals surface area (Å²) >= 11 is 0. The first-order valence-corrected chi connectivity index (χ1v) is 6.13. The van der Waals surface area contributed by atoms with Crippen molar-refractivity contribution in [3.63, 3.8) is 0 Å². The first-order chi connectivity index (χ1) is 7.74. The van der Waals surface area contributed by atoms with E-state index in [-0.39, 0.29) is 6.10 Å². The van der Waals surface area contributed by atoms with E-state index in [0.29, 0.717) is 19.1 Å². The maximum Gasteiger partial charge on any atom is 0.0860 e. The fourth-order valence-corrected chi connectivity index (χ4v) is 2.38. The lowest BCUT2D eigenvalue weighted by molar-refractivity contribution is 0.143. The van der Waals surface area contributed by atoms with Crippen molar-refractivity contribution in [3.8, 4) is 0 Å². The quantitative estimate of drug-likeness (QED) is 0.783. The van der Waals surface area contributed by atoms with Gasteiger partial charge in [0.15, 0.2) is 0 Å². The van der Waals surface area contributed by atoms with Gasteiger partial charge in [-0.3, -0.25) is 4.68 Å². The Kier molecular flexibility index (Phi) is 3.96. The Morgan fingerprint density at radius 2 is 2.44 bits per heavy atom. The highest BCUT2D eigenvalue weighted by Crippen LogP contribution is 2.24. The van der Waals surface area contributed by atoms with Crippen molar-refractivity contribution in [1.82, 2.24) is 15.1 Å². The molecule has 1 saturated carbocycles. The Bertz CT molecular complexity index is 299. The molecule has 2 N–H and O–H groups in total. The molecule has 1 aromatic heterocycles. The highest BCUT2D eigenvalue weighted by molar-refractivity contribution is 4.81. The van der Waals surface area contributed by atoms with E-state index in [1.54, 1.807) is 10.9 Å². The van der Waals surface area contributed by atoms with Crippen LogP contribution in [0.25, 0.3) is 0 Å². The Labute approximate surface area is 96.7 Å². The number of hydrogen-bond acceptors (Lipinski definition) is 3. The Balaban J connectivity index is 1.66. The largest absolute Gasteiger partial charge is 0.390 e. The Hall–Kier alpha value is -0.870. The number of rotatable bonds is 5. The SMILES string of the molecule is CC1CCC(NCC(O)Cn2cccn2)C1. The molecule has 0 aromatic carbocycles. The molecule has 3 unspecified atom stereocenters. The van der Waals surface area contributed by atoms with Crippen LogP contribution < -0.4 is 5.32 Å². The molecular formula is C12H21N3O. The summed E-state index contributed by atoms with van der Waals surface area (Å²) in [5.74, 6) is 0.834. The second kappa shape index (κ2) is 5.46. The minimum Gasteiger partial charge on any atom is -0.390 e. The summed E-state index contributed by atoms with van der Waals surface area (Å²) in [7, 11) is 0. The average Bonchev–Trinajstić information content (AvgIpc) is 2.87. The van der Waals surface area contributed by atoms with Gasteiger partial charge in [-0.05, 0) is 31.2 Å². The summed E-state index contributed by atoms with van der Waals surface area (Å²) in [4.78, 5) is 0. The fourth-order valence-electron chi connectivity index (χ4n) is 2.38. The summed E-state index contributed by atoms with van der Waals surface area (Å²) in [6.45, 7) is 3.53. The molecule has 0 radical (unpaired) electrons. The first-order valence-electron chi connectivity index (χ1n) is 6.13. The molecule has 0 bridgehead atoms. The van der Waals surface area contributed by atoms with Crippen LogP contribution in [0.2, 0.25) is 0 Å². The van der Waals surface area contributed by atoms with Crippen LogP contribution in [0.1, 0.15) is 26.2 Å². The lowest BCUT2D eigenvalue weighted by Crippen LogP contribution is -2.36. The fraction of sp³-hybridized carbons (Fsp3) is 0.750. The molecule has 4 nitrogen and oxygen atoms in total. The van der Waals surface area contributed by atoms with Gasteiger partial charge in [0.1, 0.15) is 0 Å². The van der Waals surface area contributed by atoms with E-state index in [4.69, 9.17) is 0 Å². The van der Waals surface area contributed by atoms with Gasteiger partial charge in [-0.25, -0.2) is 0 Å². The maximum absolute atomic E-state index is 9.82. The van der Waals surface area contributed by atoms with Crippen molar-refractivity contribution < 1.29 is 5.11 Å². The average molecular weight is 223 g/mol. The van der Waals surface area contributed by atoms with Crippen molar-refractivity contribution in [1.29, 1.82) is 0 Å². The second-order valence-electron chi connectivity index (χ2n) is 4.91. The summed E-state index contributed by atoms with van der Waals surface area (Å²) in [6, 6.07) is 2.47. The Morgan fingerprint density at radius 1 is 1.56 bits per heavy atom. The zero-order valence-electron chi connectivity index (χ0n) is 9.84. The third-order valence-electron chi connectivity index (χ3n) is 3.29. The maximum atomic E-state index is 9.82. The smallest absolute Gasteiger partial charge is 0.0860 e. The molecule has 3 atom stereocenters. The summed E-state index contributed by atoms with van der Waals surface area (Å²) in [5, 5.41) is 17.3. The summed E-state index contributed by atoms with van der Waals surface area (Å²) < 4.78 is 1.77. The predicted molar refractivity (Wildman–Crippen MR) is 63.0 cm³/mol. The number of hydrogen-bond donors (Lipinski definition) is 2. The molecular weight excluding hydrogens is 202 g/mol. The van der Waals surface area contributed by atoms with Gasteiger partial charge in [0, 0.05) is 25.0 Å². The molecule has 1 aromatic rings. The molecule has 1 aliphatic rings. The predicted octanol–water partition coefficient (Wildman–Crippen LogP) is 1.02. The molecule has 1 aliphatic carbocycles. The molecule has 90 valence electrons. The highest BCUT2D eigenvalue weighted by Gasteiger charge is 2.21. The van der Waals surface area contributed by atoms with Crippen LogP contribution in [0, 0.1) is 5.92 Å². The molecule has 2 rings (SSSR count). The standard InChI is InChI=1S/C12H21N3O/c1-10-3-4-11(7-10)13-8-12(16)9-15-6-2-5-14-15/h2,5-6,10-13,16H,3-4,7-9H2,1H3. The molecule has 0 spiro atoms. The van der Waals surface area contributed by atoms with E-state index in [9.17, 15) is 5.11 Å². The van der Waals surface area contributed by atoms with Crippen LogP contribution in [0.5, 0.6) is 0 Å². The lowest BCUT2D eigenvalue weighted by Gasteiger charge is -2.16. The van der Waals surface area contributed by atoms with Gasteiger partial charge in [-0.2, -0.15) is 5.10 Å². The lowest BCUT2D eigenvalue weighted by atomic mass is 10.1. The van der Waals surface area contributed by atoms with Crippen LogP contribution in [0.3, 0.4) is 0 Å². The van der Waals surface area contributed by atoms with Crippen molar-refractivity contribution in [2.75, 3.05) is 6.54 Å². The second-order valence-corrected chi connectivity index (χ2v) is 4.91. The number of nitrogens with one attached hydrogen (secondary N) is 1. The molecule has 0 amide bonds. The monoisotopic (exact) mass is 223 g/mol. The number of nitrogens with zero attached hydrogens (tertiary/aromatic N) is 2. The highest BCUT2D eigenvalue weighted by atomic mass is 16.3. The summed E-state index contributed by atoms with van der Waals surface area (Å²) in [5.41, 5.74) is 0. The molecule has 1 fully saturated rings. The minimum absolute atomic E-state index is 0.351. The van der Waals surface area contributed by atoms with Gasteiger partial charge in [-0.15, -0.1) is 0 Å². The number of aliphatic hydroxyl groups is 1. The van der Waals surface area contributed by atoms with Gasteiger partial charge in [0.25, 0.3) is 0 Å². The Morgan fingerprint density at radius 3 is 3.06 bits per heavy atom. The van der Waals surface area contributed by atoms with Gasteiger partial charge in [0.2, 0.25) is 0 Å². The molecule has 4 heteroatoms. The molecule has 0 saturated heterocycles. The summed E-state index contributed by atoms with van der Waals surface area (Å²) in [6.07, 6.45) is 7.06. The van der Waals surface area contributed by atoms with Crippen LogP contribution in [0.4, 0.5) is 0 Å². The van der Waals surface area contributed by atoms with Gasteiger partial charge >= 0.3 is 0 Å². The van der Waals surface area contributed by atoms with Gasteiger partial charge in [0.05, 0.1) is 12.6 Å². The van der Waals surface area contributed by atoms with Crippen molar-refractivity contribution in [3.05, 3.63) is 18.5 Å². The zero-order chi connectivity index (χ0) is 11.4. The van der Waals surface area contributed by atoms with E-state index in [2.05, 4.69) is 17.3 Å². The number of aliphatic hydroxyl groups excluding tert-OH is 1. The van der Waals surface area contributed by atoms with E-state index < -0.39 is 0 Å². The normalized spacial score (nSPS) is 27.1. The van der Waals surface area contributed by atoms with Crippen LogP contribution >= 0.6 is 0 Å². The zero-order valence-corrected chi connectivity index (χ0v) is 9.84. The first kappa shape index (κ1) is 11.6. The van der Waals surface area contributed by atoms with E-state index >= 15 is 0 Å². The molecule has 16 heavy (non-hydrogen) atoms. The van der Waals surface area contributed by atoms with E-state index in [1.807, 2.05) is 12.3 Å².